The third kappa shape index (κ3) is 4.31. The van der Waals surface area contributed by atoms with Gasteiger partial charge in [-0.3, -0.25) is 4.79 Å². The first kappa shape index (κ1) is 17.9. The van der Waals surface area contributed by atoms with E-state index in [4.69, 9.17) is 0 Å². The summed E-state index contributed by atoms with van der Waals surface area (Å²) >= 11 is 0. The van der Waals surface area contributed by atoms with E-state index in [2.05, 4.69) is 53.8 Å². The first-order valence-corrected chi connectivity index (χ1v) is 8.48. The van der Waals surface area contributed by atoms with Crippen LogP contribution >= 0.6 is 0 Å². The molecule has 0 unspecified atom stereocenters. The summed E-state index contributed by atoms with van der Waals surface area (Å²) in [5.41, 5.74) is 2.66. The van der Waals surface area contributed by atoms with E-state index in [0.717, 1.165) is 37.4 Å². The lowest BCUT2D eigenvalue weighted by molar-refractivity contribution is 0.0787. The minimum absolute atomic E-state index is 0.0823. The molecular formula is C19H26N4O. The molecule has 0 spiro atoms. The average Bonchev–Trinajstić information content (AvgIpc) is 2.60. The standard InChI is InChI=1S/C19H26N4O/c1-5-7-11-22(4)19(24)17-13-21-18(14-20-17)23(6-2)16-10-8-9-15(3)12-16/h8-10,12-14H,5-7,11H2,1-4H3. The molecule has 24 heavy (non-hydrogen) atoms. The second-order valence-electron chi connectivity index (χ2n) is 5.92. The molecule has 0 bridgehead atoms. The van der Waals surface area contributed by atoms with Crippen LogP contribution in [0.1, 0.15) is 42.7 Å². The van der Waals surface area contributed by atoms with E-state index >= 15 is 0 Å². The number of carbonyl (C=O) groups excluding carboxylic acids is 1. The van der Waals surface area contributed by atoms with Crippen LogP contribution in [-0.4, -0.2) is 40.9 Å². The summed E-state index contributed by atoms with van der Waals surface area (Å²) in [5, 5.41) is 0. The van der Waals surface area contributed by atoms with Crippen LogP contribution in [0.3, 0.4) is 0 Å². The highest BCUT2D eigenvalue weighted by Gasteiger charge is 2.15. The molecular weight excluding hydrogens is 300 g/mol. The monoisotopic (exact) mass is 326 g/mol. The highest BCUT2D eigenvalue weighted by molar-refractivity contribution is 5.91. The third-order valence-electron chi connectivity index (χ3n) is 3.96. The molecule has 0 aliphatic heterocycles. The zero-order chi connectivity index (χ0) is 17.5. The van der Waals surface area contributed by atoms with Crippen LogP contribution in [0.5, 0.6) is 0 Å². The van der Waals surface area contributed by atoms with Crippen LogP contribution in [0.4, 0.5) is 11.5 Å². The van der Waals surface area contributed by atoms with Crippen molar-refractivity contribution in [3.05, 3.63) is 47.9 Å². The molecule has 0 N–H and O–H groups in total. The minimum atomic E-state index is -0.0823. The summed E-state index contributed by atoms with van der Waals surface area (Å²) < 4.78 is 0. The number of aryl methyl sites for hydroxylation is 1. The normalized spacial score (nSPS) is 10.5. The van der Waals surface area contributed by atoms with Gasteiger partial charge in [-0.15, -0.1) is 0 Å². The number of hydrogen-bond donors (Lipinski definition) is 0. The number of rotatable bonds is 7. The van der Waals surface area contributed by atoms with Crippen molar-refractivity contribution in [2.75, 3.05) is 25.0 Å². The molecule has 1 amide bonds. The summed E-state index contributed by atoms with van der Waals surface area (Å²) in [5.74, 6) is 0.664. The molecule has 1 aromatic carbocycles. The van der Waals surface area contributed by atoms with Crippen molar-refractivity contribution in [3.8, 4) is 0 Å². The van der Waals surface area contributed by atoms with Gasteiger partial charge in [-0.2, -0.15) is 0 Å². The molecule has 1 heterocycles. The van der Waals surface area contributed by atoms with Crippen molar-refractivity contribution in [1.29, 1.82) is 0 Å². The highest BCUT2D eigenvalue weighted by Crippen LogP contribution is 2.23. The third-order valence-corrected chi connectivity index (χ3v) is 3.96. The number of carbonyl (C=O) groups is 1. The average molecular weight is 326 g/mol. The van der Waals surface area contributed by atoms with Gasteiger partial charge in [0.25, 0.3) is 5.91 Å². The Morgan fingerprint density at radius 1 is 1.17 bits per heavy atom. The minimum Gasteiger partial charge on any atom is -0.340 e. The number of nitrogens with zero attached hydrogens (tertiary/aromatic N) is 4. The maximum absolute atomic E-state index is 12.3. The van der Waals surface area contributed by atoms with E-state index in [1.807, 2.05) is 6.07 Å². The molecule has 2 rings (SSSR count). The van der Waals surface area contributed by atoms with Crippen LogP contribution in [0.15, 0.2) is 36.7 Å². The molecule has 1 aromatic heterocycles. The molecule has 128 valence electrons. The highest BCUT2D eigenvalue weighted by atomic mass is 16.2. The predicted molar refractivity (Wildman–Crippen MR) is 97.8 cm³/mol. The summed E-state index contributed by atoms with van der Waals surface area (Å²) in [6.07, 6.45) is 5.29. The fourth-order valence-electron chi connectivity index (χ4n) is 2.54. The number of hydrogen-bond acceptors (Lipinski definition) is 4. The second kappa shape index (κ2) is 8.43. The Morgan fingerprint density at radius 3 is 2.54 bits per heavy atom. The Labute approximate surface area is 144 Å². The van der Waals surface area contributed by atoms with Crippen molar-refractivity contribution >= 4 is 17.4 Å². The van der Waals surface area contributed by atoms with E-state index in [9.17, 15) is 4.79 Å². The summed E-state index contributed by atoms with van der Waals surface area (Å²) in [7, 11) is 1.80. The zero-order valence-corrected chi connectivity index (χ0v) is 15.0. The van der Waals surface area contributed by atoms with Gasteiger partial charge in [0.1, 0.15) is 5.69 Å². The SMILES string of the molecule is CCCCN(C)C(=O)c1cnc(N(CC)c2cccc(C)c2)cn1. The molecule has 0 saturated carbocycles. The summed E-state index contributed by atoms with van der Waals surface area (Å²) in [6.45, 7) is 7.76. The largest absolute Gasteiger partial charge is 0.340 e. The maximum atomic E-state index is 12.3. The van der Waals surface area contributed by atoms with Gasteiger partial charge in [-0.1, -0.05) is 25.5 Å². The Kier molecular flexibility index (Phi) is 6.29. The van der Waals surface area contributed by atoms with Gasteiger partial charge in [0.05, 0.1) is 12.4 Å². The first-order chi connectivity index (χ1) is 11.6. The fourth-order valence-corrected chi connectivity index (χ4v) is 2.54. The van der Waals surface area contributed by atoms with Crippen molar-refractivity contribution in [2.24, 2.45) is 0 Å². The van der Waals surface area contributed by atoms with E-state index < -0.39 is 0 Å². The molecule has 0 radical (unpaired) electrons. The van der Waals surface area contributed by atoms with Gasteiger partial charge < -0.3 is 9.80 Å². The number of amides is 1. The summed E-state index contributed by atoms with van der Waals surface area (Å²) in [6, 6.07) is 8.26. The van der Waals surface area contributed by atoms with Gasteiger partial charge in [-0.05, 0) is 38.0 Å². The van der Waals surface area contributed by atoms with Gasteiger partial charge in [-0.25, -0.2) is 9.97 Å². The second-order valence-corrected chi connectivity index (χ2v) is 5.92. The zero-order valence-electron chi connectivity index (χ0n) is 15.0. The Bertz CT molecular complexity index is 669. The first-order valence-electron chi connectivity index (χ1n) is 8.48. The van der Waals surface area contributed by atoms with Crippen molar-refractivity contribution in [2.45, 2.75) is 33.6 Å². The van der Waals surface area contributed by atoms with Crippen LogP contribution in [0.2, 0.25) is 0 Å². The Balaban J connectivity index is 2.17. The van der Waals surface area contributed by atoms with Gasteiger partial charge in [0.2, 0.25) is 0 Å². The number of unbranched alkanes of at least 4 members (excludes halogenated alkanes) is 1. The van der Waals surface area contributed by atoms with Gasteiger partial charge in [0.15, 0.2) is 5.82 Å². The van der Waals surface area contributed by atoms with E-state index in [1.54, 1.807) is 24.3 Å². The molecule has 0 atom stereocenters. The van der Waals surface area contributed by atoms with E-state index in [1.165, 1.54) is 5.56 Å². The van der Waals surface area contributed by atoms with Crippen LogP contribution in [0.25, 0.3) is 0 Å². The smallest absolute Gasteiger partial charge is 0.273 e. The molecule has 0 aliphatic carbocycles. The number of anilines is 2. The molecule has 0 fully saturated rings. The van der Waals surface area contributed by atoms with E-state index in [-0.39, 0.29) is 5.91 Å². The molecule has 0 aliphatic rings. The van der Waals surface area contributed by atoms with Gasteiger partial charge in [0, 0.05) is 25.8 Å². The van der Waals surface area contributed by atoms with Crippen molar-refractivity contribution < 1.29 is 4.79 Å². The van der Waals surface area contributed by atoms with Crippen LogP contribution in [-0.2, 0) is 0 Å². The lowest BCUT2D eigenvalue weighted by atomic mass is 10.2. The van der Waals surface area contributed by atoms with Crippen molar-refractivity contribution in [3.63, 3.8) is 0 Å². The van der Waals surface area contributed by atoms with Crippen LogP contribution < -0.4 is 4.90 Å². The Morgan fingerprint density at radius 2 is 1.96 bits per heavy atom. The number of aromatic nitrogens is 2. The predicted octanol–water partition coefficient (Wildman–Crippen LogP) is 3.82. The lowest BCUT2D eigenvalue weighted by Gasteiger charge is -2.22. The Hall–Kier alpha value is -2.43. The summed E-state index contributed by atoms with van der Waals surface area (Å²) in [4.78, 5) is 24.9. The molecule has 0 saturated heterocycles. The maximum Gasteiger partial charge on any atom is 0.273 e. The quantitative estimate of drug-likeness (QED) is 0.776. The number of benzene rings is 1. The van der Waals surface area contributed by atoms with Crippen LogP contribution in [0, 0.1) is 6.92 Å². The van der Waals surface area contributed by atoms with Crippen molar-refractivity contribution in [1.82, 2.24) is 14.9 Å². The van der Waals surface area contributed by atoms with E-state index in [0.29, 0.717) is 5.69 Å². The lowest BCUT2D eigenvalue weighted by Crippen LogP contribution is -2.28. The van der Waals surface area contributed by atoms with Gasteiger partial charge >= 0.3 is 0 Å². The molecule has 5 nitrogen and oxygen atoms in total. The fraction of sp³-hybridized carbons (Fsp3) is 0.421. The topological polar surface area (TPSA) is 49.3 Å². The molecule has 2 aromatic rings. The molecule has 5 heteroatoms.